The smallest absolute Gasteiger partial charge is 0.326 e. The number of carboxylic acid groups (broad SMARTS) is 1. The molecule has 0 aliphatic carbocycles. The zero-order valence-corrected chi connectivity index (χ0v) is 12.0. The van der Waals surface area contributed by atoms with E-state index in [0.717, 1.165) is 0 Å². The molecule has 3 amide bonds. The summed E-state index contributed by atoms with van der Waals surface area (Å²) in [6, 6.07) is 5.16. The minimum absolute atomic E-state index is 0.356. The molecule has 9 nitrogen and oxygen atoms in total. The molecule has 1 aromatic rings. The summed E-state index contributed by atoms with van der Waals surface area (Å²) in [5, 5.41) is 23.9. The van der Waals surface area contributed by atoms with E-state index in [2.05, 4.69) is 10.6 Å². The number of carbonyl (C=O) groups excluding carboxylic acids is 3. The number of benzene rings is 1. The fourth-order valence-electron chi connectivity index (χ4n) is 1.80. The van der Waals surface area contributed by atoms with E-state index in [9.17, 15) is 24.3 Å². The molecular formula is C14H16N3O6. The van der Waals surface area contributed by atoms with Gasteiger partial charge < -0.3 is 21.5 Å². The van der Waals surface area contributed by atoms with Gasteiger partial charge in [0.1, 0.15) is 12.1 Å². The number of carbonyl (C=O) groups is 4. The van der Waals surface area contributed by atoms with Crippen LogP contribution >= 0.6 is 0 Å². The lowest BCUT2D eigenvalue weighted by molar-refractivity contribution is -0.143. The van der Waals surface area contributed by atoms with Crippen molar-refractivity contribution in [1.82, 2.24) is 10.6 Å². The van der Waals surface area contributed by atoms with Crippen molar-refractivity contribution >= 4 is 23.7 Å². The molecule has 2 atom stereocenters. The van der Waals surface area contributed by atoms with Crippen molar-refractivity contribution in [3.05, 3.63) is 35.9 Å². The number of nitrogens with one attached hydrogen (secondary N) is 2. The summed E-state index contributed by atoms with van der Waals surface area (Å²) in [6.07, 6.45) is -0.599. The molecule has 0 aliphatic rings. The predicted molar refractivity (Wildman–Crippen MR) is 76.3 cm³/mol. The van der Waals surface area contributed by atoms with Crippen LogP contribution in [0.3, 0.4) is 0 Å². The van der Waals surface area contributed by atoms with Gasteiger partial charge in [0.05, 0.1) is 6.42 Å². The molecule has 1 rings (SSSR count). The molecule has 0 saturated heterocycles. The van der Waals surface area contributed by atoms with Gasteiger partial charge in [0.25, 0.3) is 0 Å². The summed E-state index contributed by atoms with van der Waals surface area (Å²) in [5.74, 6) is -4.14. The number of rotatable bonds is 8. The van der Waals surface area contributed by atoms with Gasteiger partial charge in [-0.15, -0.1) is 0 Å². The molecule has 1 aromatic carbocycles. The highest BCUT2D eigenvalue weighted by atomic mass is 16.4. The van der Waals surface area contributed by atoms with Gasteiger partial charge in [-0.05, 0) is 5.56 Å². The third-order valence-corrected chi connectivity index (χ3v) is 2.85. The number of hydrogen-bond donors (Lipinski definition) is 4. The Morgan fingerprint density at radius 1 is 1.09 bits per heavy atom. The van der Waals surface area contributed by atoms with Crippen LogP contribution < -0.4 is 16.4 Å². The first-order valence-electron chi connectivity index (χ1n) is 6.59. The van der Waals surface area contributed by atoms with E-state index in [1.54, 1.807) is 18.2 Å². The Bertz CT molecular complexity index is 589. The van der Waals surface area contributed by atoms with Crippen molar-refractivity contribution in [2.75, 3.05) is 6.61 Å². The largest absolute Gasteiger partial charge is 0.480 e. The van der Waals surface area contributed by atoms with Crippen molar-refractivity contribution in [2.24, 2.45) is 5.73 Å². The van der Waals surface area contributed by atoms with Gasteiger partial charge in [-0.1, -0.05) is 30.3 Å². The lowest BCUT2D eigenvalue weighted by Crippen LogP contribution is -2.48. The SMILES string of the molecule is NC(=O)C[C@H](NC(=O)[C@H](NC(=O)C[O])c1ccccc1)C(=O)O. The molecule has 0 fully saturated rings. The first-order valence-corrected chi connectivity index (χ1v) is 6.59. The van der Waals surface area contributed by atoms with Crippen LogP contribution in [0.1, 0.15) is 18.0 Å². The number of hydrogen-bond acceptors (Lipinski definition) is 4. The summed E-state index contributed by atoms with van der Waals surface area (Å²) in [5.41, 5.74) is 5.29. The van der Waals surface area contributed by atoms with Crippen LogP contribution in [0.5, 0.6) is 0 Å². The van der Waals surface area contributed by atoms with Crippen LogP contribution in [-0.2, 0) is 24.3 Å². The highest BCUT2D eigenvalue weighted by molar-refractivity contribution is 5.93. The van der Waals surface area contributed by atoms with Crippen LogP contribution in [0.2, 0.25) is 0 Å². The van der Waals surface area contributed by atoms with E-state index in [0.29, 0.717) is 5.56 Å². The maximum absolute atomic E-state index is 12.2. The lowest BCUT2D eigenvalue weighted by atomic mass is 10.1. The number of amides is 3. The minimum atomic E-state index is -1.53. The van der Waals surface area contributed by atoms with Crippen molar-refractivity contribution in [3.8, 4) is 0 Å². The van der Waals surface area contributed by atoms with Crippen molar-refractivity contribution in [1.29, 1.82) is 0 Å². The fraction of sp³-hybridized carbons (Fsp3) is 0.286. The first kappa shape index (κ1) is 18.1. The standard InChI is InChI=1S/C14H16N3O6/c15-10(19)6-9(14(22)23)16-13(21)12(17-11(20)7-18)8-4-2-1-3-5-8/h1-5,9,12H,6-7H2,(H2,15,19)(H,16,21)(H,17,20)(H,22,23)/t9-,12+/m0/s1. The van der Waals surface area contributed by atoms with Crippen LogP contribution in [-0.4, -0.2) is 41.4 Å². The highest BCUT2D eigenvalue weighted by Crippen LogP contribution is 2.13. The molecule has 1 radical (unpaired) electrons. The number of carboxylic acids is 1. The van der Waals surface area contributed by atoms with Gasteiger partial charge in [-0.3, -0.25) is 14.4 Å². The second kappa shape index (κ2) is 8.49. The average molecular weight is 322 g/mol. The van der Waals surface area contributed by atoms with E-state index in [1.165, 1.54) is 12.1 Å². The third kappa shape index (κ3) is 5.75. The van der Waals surface area contributed by atoms with Gasteiger partial charge >= 0.3 is 5.97 Å². The summed E-state index contributed by atoms with van der Waals surface area (Å²) in [4.78, 5) is 45.5. The average Bonchev–Trinajstić information content (AvgIpc) is 2.51. The minimum Gasteiger partial charge on any atom is -0.480 e. The Balaban J connectivity index is 2.96. The quantitative estimate of drug-likeness (QED) is 0.468. The molecular weight excluding hydrogens is 306 g/mol. The Morgan fingerprint density at radius 2 is 1.70 bits per heavy atom. The zero-order valence-electron chi connectivity index (χ0n) is 12.0. The molecule has 23 heavy (non-hydrogen) atoms. The van der Waals surface area contributed by atoms with Gasteiger partial charge in [-0.2, -0.15) is 0 Å². The summed E-state index contributed by atoms with van der Waals surface area (Å²) in [7, 11) is 0. The number of nitrogens with two attached hydrogens (primary N) is 1. The summed E-state index contributed by atoms with van der Waals surface area (Å²) < 4.78 is 0. The summed E-state index contributed by atoms with van der Waals surface area (Å²) >= 11 is 0. The molecule has 0 unspecified atom stereocenters. The Labute approximate surface area is 131 Å². The first-order chi connectivity index (χ1) is 10.8. The monoisotopic (exact) mass is 322 g/mol. The number of aliphatic carboxylic acids is 1. The third-order valence-electron chi connectivity index (χ3n) is 2.85. The van der Waals surface area contributed by atoms with E-state index < -0.39 is 48.8 Å². The molecule has 9 heteroatoms. The zero-order chi connectivity index (χ0) is 17.4. The topological polar surface area (TPSA) is 158 Å². The molecule has 0 aromatic heterocycles. The van der Waals surface area contributed by atoms with Gasteiger partial charge in [0.2, 0.25) is 17.7 Å². The van der Waals surface area contributed by atoms with E-state index in [4.69, 9.17) is 10.8 Å². The molecule has 0 spiro atoms. The van der Waals surface area contributed by atoms with Crippen molar-refractivity contribution in [2.45, 2.75) is 18.5 Å². The maximum atomic E-state index is 12.2. The molecule has 5 N–H and O–H groups in total. The molecule has 0 heterocycles. The fourth-order valence-corrected chi connectivity index (χ4v) is 1.80. The Kier molecular flexibility index (Phi) is 6.68. The highest BCUT2D eigenvalue weighted by Gasteiger charge is 2.28. The van der Waals surface area contributed by atoms with Gasteiger partial charge in [0, 0.05) is 0 Å². The normalized spacial score (nSPS) is 12.7. The van der Waals surface area contributed by atoms with Crippen LogP contribution in [0, 0.1) is 0 Å². The predicted octanol–water partition coefficient (Wildman–Crippen LogP) is -1.28. The molecule has 0 saturated carbocycles. The molecule has 0 aliphatic heterocycles. The van der Waals surface area contributed by atoms with E-state index in [-0.39, 0.29) is 0 Å². The second-order valence-electron chi connectivity index (χ2n) is 4.63. The lowest BCUT2D eigenvalue weighted by Gasteiger charge is -2.21. The van der Waals surface area contributed by atoms with Crippen molar-refractivity contribution in [3.63, 3.8) is 0 Å². The van der Waals surface area contributed by atoms with Crippen LogP contribution in [0.15, 0.2) is 30.3 Å². The van der Waals surface area contributed by atoms with Crippen LogP contribution in [0.25, 0.3) is 0 Å². The van der Waals surface area contributed by atoms with Crippen LogP contribution in [0.4, 0.5) is 0 Å². The Hall–Kier alpha value is -2.94. The van der Waals surface area contributed by atoms with E-state index >= 15 is 0 Å². The van der Waals surface area contributed by atoms with Gasteiger partial charge in [-0.25, -0.2) is 9.90 Å². The molecule has 0 bridgehead atoms. The molecule has 123 valence electrons. The maximum Gasteiger partial charge on any atom is 0.326 e. The van der Waals surface area contributed by atoms with E-state index in [1.807, 2.05) is 0 Å². The second-order valence-corrected chi connectivity index (χ2v) is 4.63. The Morgan fingerprint density at radius 3 is 2.17 bits per heavy atom. The summed E-state index contributed by atoms with van der Waals surface area (Å²) in [6.45, 7) is -1.08. The van der Waals surface area contributed by atoms with Crippen molar-refractivity contribution < 1.29 is 29.4 Å². The van der Waals surface area contributed by atoms with Gasteiger partial charge in [0.15, 0.2) is 6.61 Å². The number of primary amides is 1.